The maximum Gasteiger partial charge on any atom is 0.191 e. The maximum absolute atomic E-state index is 5.29. The van der Waals surface area contributed by atoms with Crippen LogP contribution in [0.15, 0.2) is 47.6 Å². The molecule has 0 radical (unpaired) electrons. The van der Waals surface area contributed by atoms with Gasteiger partial charge in [0.15, 0.2) is 5.96 Å². The molecule has 0 spiro atoms. The summed E-state index contributed by atoms with van der Waals surface area (Å²) in [5.74, 6) is 3.56. The Labute approximate surface area is 197 Å². The molecule has 0 atom stereocenters. The first-order valence-corrected chi connectivity index (χ1v) is 10.5. The van der Waals surface area contributed by atoms with E-state index in [0.717, 1.165) is 54.2 Å². The molecule has 0 amide bonds. The summed E-state index contributed by atoms with van der Waals surface area (Å²) in [6.45, 7) is 8.70. The van der Waals surface area contributed by atoms with Crippen molar-refractivity contribution in [2.45, 2.75) is 39.8 Å². The fourth-order valence-electron chi connectivity index (χ4n) is 3.42. The van der Waals surface area contributed by atoms with Crippen LogP contribution in [0.25, 0.3) is 0 Å². The van der Waals surface area contributed by atoms with Crippen molar-refractivity contribution in [1.82, 2.24) is 15.6 Å². The van der Waals surface area contributed by atoms with Crippen molar-refractivity contribution in [2.75, 3.05) is 31.6 Å². The Bertz CT molecular complexity index is 788. The molecule has 2 heterocycles. The zero-order valence-electron chi connectivity index (χ0n) is 18.2. The van der Waals surface area contributed by atoms with Crippen LogP contribution in [0.2, 0.25) is 0 Å². The molecule has 164 valence electrons. The highest BCUT2D eigenvalue weighted by Crippen LogP contribution is 2.21. The second kappa shape index (κ2) is 12.6. The van der Waals surface area contributed by atoms with E-state index in [9.17, 15) is 0 Å². The van der Waals surface area contributed by atoms with E-state index < -0.39 is 0 Å². The first-order valence-electron chi connectivity index (χ1n) is 10.5. The Hall–Kier alpha value is -2.03. The van der Waals surface area contributed by atoms with E-state index >= 15 is 0 Å². The number of anilines is 1. The van der Waals surface area contributed by atoms with Crippen LogP contribution in [0.5, 0.6) is 5.75 Å². The van der Waals surface area contributed by atoms with Gasteiger partial charge < -0.3 is 20.3 Å². The van der Waals surface area contributed by atoms with Gasteiger partial charge in [-0.05, 0) is 55.0 Å². The molecule has 0 saturated carbocycles. The van der Waals surface area contributed by atoms with Gasteiger partial charge >= 0.3 is 0 Å². The van der Waals surface area contributed by atoms with Crippen molar-refractivity contribution in [3.63, 3.8) is 0 Å². The Morgan fingerprint density at radius 3 is 2.63 bits per heavy atom. The second-order valence-corrected chi connectivity index (χ2v) is 7.59. The van der Waals surface area contributed by atoms with Gasteiger partial charge in [-0.25, -0.2) is 9.98 Å². The summed E-state index contributed by atoms with van der Waals surface area (Å²) in [5, 5.41) is 6.68. The minimum Gasteiger partial charge on any atom is -0.497 e. The van der Waals surface area contributed by atoms with Crippen LogP contribution >= 0.6 is 24.0 Å². The second-order valence-electron chi connectivity index (χ2n) is 7.59. The number of methoxy groups -OCH3 is 1. The number of nitrogens with one attached hydrogen (secondary N) is 2. The van der Waals surface area contributed by atoms with Gasteiger partial charge in [-0.1, -0.05) is 25.1 Å². The number of hydrogen-bond acceptors (Lipinski definition) is 4. The summed E-state index contributed by atoms with van der Waals surface area (Å²) in [6.07, 6.45) is 4.44. The highest BCUT2D eigenvalue weighted by Gasteiger charge is 2.16. The highest BCUT2D eigenvalue weighted by atomic mass is 127. The molecular weight excluding hydrogens is 489 g/mol. The Kier molecular flexibility index (Phi) is 10.2. The molecule has 30 heavy (non-hydrogen) atoms. The third-order valence-corrected chi connectivity index (χ3v) is 5.27. The molecular formula is C23H34IN5O. The van der Waals surface area contributed by atoms with Crippen LogP contribution in [-0.2, 0) is 13.1 Å². The van der Waals surface area contributed by atoms with E-state index in [1.165, 1.54) is 12.8 Å². The fourth-order valence-corrected chi connectivity index (χ4v) is 3.42. The van der Waals surface area contributed by atoms with Crippen molar-refractivity contribution < 1.29 is 4.74 Å². The molecule has 0 bridgehead atoms. The van der Waals surface area contributed by atoms with E-state index in [1.807, 2.05) is 24.4 Å². The fraction of sp³-hybridized carbons (Fsp3) is 0.478. The van der Waals surface area contributed by atoms with Crippen LogP contribution in [0.4, 0.5) is 5.82 Å². The van der Waals surface area contributed by atoms with Crippen LogP contribution in [0, 0.1) is 5.92 Å². The molecule has 0 unspecified atom stereocenters. The van der Waals surface area contributed by atoms with Gasteiger partial charge in [0.25, 0.3) is 0 Å². The van der Waals surface area contributed by atoms with Crippen LogP contribution < -0.4 is 20.3 Å². The minimum atomic E-state index is 0. The Balaban J connectivity index is 0.00000320. The van der Waals surface area contributed by atoms with Crippen LogP contribution in [-0.4, -0.2) is 37.7 Å². The van der Waals surface area contributed by atoms with Gasteiger partial charge in [-0.2, -0.15) is 0 Å². The molecule has 1 aliphatic rings. The monoisotopic (exact) mass is 523 g/mol. The van der Waals surface area contributed by atoms with E-state index in [1.54, 1.807) is 7.11 Å². The van der Waals surface area contributed by atoms with Crippen molar-refractivity contribution in [1.29, 1.82) is 0 Å². The predicted molar refractivity (Wildman–Crippen MR) is 135 cm³/mol. The zero-order chi connectivity index (χ0) is 20.5. The SMILES string of the molecule is CCNC(=NCc1ccc(N2CCC(C)CC2)nc1)NCc1cccc(OC)c1.I. The number of benzene rings is 1. The van der Waals surface area contributed by atoms with Crippen molar-refractivity contribution >= 4 is 35.8 Å². The lowest BCUT2D eigenvalue weighted by Crippen LogP contribution is -2.36. The Morgan fingerprint density at radius 1 is 1.17 bits per heavy atom. The Morgan fingerprint density at radius 2 is 1.97 bits per heavy atom. The molecule has 6 nitrogen and oxygen atoms in total. The van der Waals surface area contributed by atoms with E-state index in [-0.39, 0.29) is 24.0 Å². The lowest BCUT2D eigenvalue weighted by Gasteiger charge is -2.31. The smallest absolute Gasteiger partial charge is 0.191 e. The number of rotatable bonds is 7. The van der Waals surface area contributed by atoms with E-state index in [4.69, 9.17) is 9.73 Å². The molecule has 7 heteroatoms. The third kappa shape index (κ3) is 7.34. The number of halogens is 1. The van der Waals surface area contributed by atoms with Crippen LogP contribution in [0.3, 0.4) is 0 Å². The first-order chi connectivity index (χ1) is 14.2. The quantitative estimate of drug-likeness (QED) is 0.324. The minimum absolute atomic E-state index is 0. The van der Waals surface area contributed by atoms with E-state index in [2.05, 4.69) is 52.6 Å². The summed E-state index contributed by atoms with van der Waals surface area (Å²) < 4.78 is 5.29. The zero-order valence-corrected chi connectivity index (χ0v) is 20.6. The average molecular weight is 523 g/mol. The first kappa shape index (κ1) is 24.2. The molecule has 1 saturated heterocycles. The van der Waals surface area contributed by atoms with Crippen molar-refractivity contribution in [3.05, 3.63) is 53.7 Å². The number of aliphatic imine (C=N–C) groups is 1. The van der Waals surface area contributed by atoms with Crippen LogP contribution in [0.1, 0.15) is 37.8 Å². The number of hydrogen-bond donors (Lipinski definition) is 2. The van der Waals surface area contributed by atoms with E-state index in [0.29, 0.717) is 13.1 Å². The normalized spacial score (nSPS) is 14.8. The predicted octanol–water partition coefficient (Wildman–Crippen LogP) is 4.20. The lowest BCUT2D eigenvalue weighted by molar-refractivity contribution is 0.414. The van der Waals surface area contributed by atoms with Gasteiger partial charge in [0.1, 0.15) is 11.6 Å². The number of piperidine rings is 1. The summed E-state index contributed by atoms with van der Waals surface area (Å²) in [4.78, 5) is 11.8. The number of guanidine groups is 1. The summed E-state index contributed by atoms with van der Waals surface area (Å²) in [7, 11) is 1.68. The molecule has 0 aliphatic carbocycles. The third-order valence-electron chi connectivity index (χ3n) is 5.27. The number of aromatic nitrogens is 1. The molecule has 2 N–H and O–H groups in total. The van der Waals surface area contributed by atoms with Gasteiger partial charge in [0.05, 0.1) is 13.7 Å². The summed E-state index contributed by atoms with van der Waals surface area (Å²) in [5.41, 5.74) is 2.26. The van der Waals surface area contributed by atoms with Gasteiger partial charge in [0.2, 0.25) is 0 Å². The highest BCUT2D eigenvalue weighted by molar-refractivity contribution is 14.0. The number of pyridine rings is 1. The summed E-state index contributed by atoms with van der Waals surface area (Å²) >= 11 is 0. The standard InChI is InChI=1S/C23H33N5O.HI/c1-4-24-23(26-15-19-6-5-7-21(14-19)29-3)27-17-20-8-9-22(25-16-20)28-12-10-18(2)11-13-28;/h5-9,14,16,18H,4,10-13,15,17H2,1-3H3,(H2,24,26,27);1H. The summed E-state index contributed by atoms with van der Waals surface area (Å²) in [6, 6.07) is 12.3. The number of ether oxygens (including phenoxy) is 1. The van der Waals surface area contributed by atoms with Gasteiger partial charge in [-0.15, -0.1) is 24.0 Å². The maximum atomic E-state index is 5.29. The lowest BCUT2D eigenvalue weighted by atomic mass is 9.99. The van der Waals surface area contributed by atoms with Crippen molar-refractivity contribution in [2.24, 2.45) is 10.9 Å². The molecule has 3 rings (SSSR count). The molecule has 1 fully saturated rings. The molecule has 1 aromatic heterocycles. The number of nitrogens with zero attached hydrogens (tertiary/aromatic N) is 3. The van der Waals surface area contributed by atoms with Gasteiger partial charge in [-0.3, -0.25) is 0 Å². The van der Waals surface area contributed by atoms with Crippen molar-refractivity contribution in [3.8, 4) is 5.75 Å². The molecule has 1 aliphatic heterocycles. The largest absolute Gasteiger partial charge is 0.497 e. The molecule has 2 aromatic rings. The average Bonchev–Trinajstić information content (AvgIpc) is 2.77. The topological polar surface area (TPSA) is 61.8 Å². The van der Waals surface area contributed by atoms with Gasteiger partial charge in [0, 0.05) is 32.4 Å². The molecule has 1 aromatic carbocycles.